The number of thioether (sulfide) groups is 1. The van der Waals surface area contributed by atoms with Crippen molar-refractivity contribution in [3.8, 4) is 0 Å². The molecule has 1 aromatic carbocycles. The summed E-state index contributed by atoms with van der Waals surface area (Å²) in [6, 6.07) is 6.72. The molecule has 0 spiro atoms. The van der Waals surface area contributed by atoms with Crippen LogP contribution in [0, 0.1) is 11.8 Å². The van der Waals surface area contributed by atoms with Gasteiger partial charge in [0.15, 0.2) is 0 Å². The molecule has 4 atom stereocenters. The van der Waals surface area contributed by atoms with E-state index in [0.29, 0.717) is 10.0 Å². The Morgan fingerprint density at radius 2 is 2.13 bits per heavy atom. The maximum Gasteiger partial charge on any atom is 0.0728 e. The van der Waals surface area contributed by atoms with Gasteiger partial charge in [0.2, 0.25) is 0 Å². The molecule has 4 heteroatoms. The van der Waals surface area contributed by atoms with Gasteiger partial charge in [-0.3, -0.25) is 4.90 Å². The molecular weight excluding hydrogens is 345 g/mol. The summed E-state index contributed by atoms with van der Waals surface area (Å²) in [6.07, 6.45) is 8.28. The fourth-order valence-electron chi connectivity index (χ4n) is 4.32. The van der Waals surface area contributed by atoms with Crippen molar-refractivity contribution in [2.75, 3.05) is 18.8 Å². The van der Waals surface area contributed by atoms with Crippen molar-refractivity contribution in [3.63, 3.8) is 0 Å². The van der Waals surface area contributed by atoms with Crippen LogP contribution in [0.2, 0.25) is 10.0 Å². The van der Waals surface area contributed by atoms with Crippen LogP contribution in [-0.2, 0) is 0 Å². The zero-order chi connectivity index (χ0) is 16.2. The number of benzene rings is 1. The van der Waals surface area contributed by atoms with Crippen LogP contribution >= 0.6 is 35.0 Å². The molecular formula is C19H27Cl2NS. The molecule has 0 amide bonds. The lowest BCUT2D eigenvalue weighted by atomic mass is 9.81. The van der Waals surface area contributed by atoms with Crippen molar-refractivity contribution in [3.05, 3.63) is 28.2 Å². The fraction of sp³-hybridized carbons (Fsp3) is 0.684. The second-order valence-electron chi connectivity index (χ2n) is 7.04. The summed E-state index contributed by atoms with van der Waals surface area (Å²) < 4.78 is 0. The van der Waals surface area contributed by atoms with Crippen LogP contribution in [0.1, 0.15) is 45.4 Å². The molecule has 0 N–H and O–H groups in total. The zero-order valence-corrected chi connectivity index (χ0v) is 16.3. The van der Waals surface area contributed by atoms with Gasteiger partial charge in [-0.1, -0.05) is 49.0 Å². The van der Waals surface area contributed by atoms with Gasteiger partial charge < -0.3 is 0 Å². The first-order valence-electron chi connectivity index (χ1n) is 9.00. The van der Waals surface area contributed by atoms with E-state index in [1.807, 2.05) is 23.9 Å². The van der Waals surface area contributed by atoms with Gasteiger partial charge >= 0.3 is 0 Å². The molecule has 0 radical (unpaired) electrons. The molecule has 2 heterocycles. The van der Waals surface area contributed by atoms with Gasteiger partial charge in [0.25, 0.3) is 0 Å². The highest BCUT2D eigenvalue weighted by Gasteiger charge is 2.39. The first-order chi connectivity index (χ1) is 11.2. The molecule has 23 heavy (non-hydrogen) atoms. The standard InChI is InChI=1S/C19H27Cl2NS/c1-2-3-5-15-12-14-8-10-22(13-14)17(15)9-11-23-18-7-4-6-16(20)19(18)21/h4,6-7,14-15,17H,2-3,5,8-13H2,1H3/t14?,15-,17+/m0/s1. The normalized spacial score (nSPS) is 29.9. The van der Waals surface area contributed by atoms with Crippen molar-refractivity contribution in [1.29, 1.82) is 0 Å². The Kier molecular flexibility index (Phi) is 6.60. The van der Waals surface area contributed by atoms with E-state index in [2.05, 4.69) is 17.9 Å². The summed E-state index contributed by atoms with van der Waals surface area (Å²) >= 11 is 14.3. The average molecular weight is 372 g/mol. The molecule has 0 saturated carbocycles. The van der Waals surface area contributed by atoms with E-state index in [-0.39, 0.29) is 0 Å². The van der Waals surface area contributed by atoms with E-state index in [1.54, 1.807) is 0 Å². The molecule has 1 nitrogen and oxygen atoms in total. The Morgan fingerprint density at radius 3 is 2.96 bits per heavy atom. The summed E-state index contributed by atoms with van der Waals surface area (Å²) in [5, 5.41) is 1.38. The predicted molar refractivity (Wildman–Crippen MR) is 103 cm³/mol. The van der Waals surface area contributed by atoms with Crippen LogP contribution in [0.15, 0.2) is 23.1 Å². The van der Waals surface area contributed by atoms with Crippen LogP contribution in [0.5, 0.6) is 0 Å². The van der Waals surface area contributed by atoms with E-state index in [9.17, 15) is 0 Å². The number of halogens is 2. The highest BCUT2D eigenvalue weighted by molar-refractivity contribution is 7.99. The van der Waals surface area contributed by atoms with Gasteiger partial charge in [-0.15, -0.1) is 11.8 Å². The SMILES string of the molecule is CCCC[C@H]1CC2CCN(C2)[C@@H]1CCSc1cccc(Cl)c1Cl. The number of nitrogens with zero attached hydrogens (tertiary/aromatic N) is 1. The minimum atomic E-state index is 0.664. The van der Waals surface area contributed by atoms with Crippen LogP contribution in [-0.4, -0.2) is 29.8 Å². The number of unbranched alkanes of at least 4 members (excludes halogenated alkanes) is 1. The third-order valence-electron chi connectivity index (χ3n) is 5.48. The number of hydrogen-bond donors (Lipinski definition) is 0. The molecule has 0 aromatic heterocycles. The predicted octanol–water partition coefficient (Wildman–Crippen LogP) is 6.38. The zero-order valence-electron chi connectivity index (χ0n) is 13.9. The third kappa shape index (κ3) is 4.39. The first-order valence-corrected chi connectivity index (χ1v) is 10.7. The van der Waals surface area contributed by atoms with Crippen LogP contribution < -0.4 is 0 Å². The Hall–Kier alpha value is 0.110. The van der Waals surface area contributed by atoms with Crippen LogP contribution in [0.4, 0.5) is 0 Å². The summed E-state index contributed by atoms with van der Waals surface area (Å²) in [5.74, 6) is 3.02. The van der Waals surface area contributed by atoms with E-state index >= 15 is 0 Å². The Labute approximate surface area is 155 Å². The molecule has 128 valence electrons. The van der Waals surface area contributed by atoms with Gasteiger partial charge in [0.1, 0.15) is 0 Å². The van der Waals surface area contributed by atoms with E-state index in [4.69, 9.17) is 23.2 Å². The molecule has 2 fully saturated rings. The molecule has 0 aliphatic carbocycles. The number of rotatable bonds is 7. The van der Waals surface area contributed by atoms with Crippen molar-refractivity contribution < 1.29 is 0 Å². The van der Waals surface area contributed by atoms with Gasteiger partial charge in [0, 0.05) is 17.5 Å². The topological polar surface area (TPSA) is 3.24 Å². The summed E-state index contributed by atoms with van der Waals surface area (Å²) in [6.45, 7) is 4.97. The molecule has 2 bridgehead atoms. The summed E-state index contributed by atoms with van der Waals surface area (Å²) in [5.41, 5.74) is 0. The largest absolute Gasteiger partial charge is 0.300 e. The molecule has 2 aliphatic heterocycles. The van der Waals surface area contributed by atoms with Gasteiger partial charge in [0.05, 0.1) is 10.0 Å². The minimum absolute atomic E-state index is 0.664. The summed E-state index contributed by atoms with van der Waals surface area (Å²) in [7, 11) is 0. The van der Waals surface area contributed by atoms with Crippen molar-refractivity contribution in [2.45, 2.75) is 56.4 Å². The highest BCUT2D eigenvalue weighted by Crippen LogP contribution is 2.40. The highest BCUT2D eigenvalue weighted by atomic mass is 35.5. The number of fused-ring (bicyclic) bond motifs is 2. The molecule has 2 aliphatic rings. The van der Waals surface area contributed by atoms with Gasteiger partial charge in [-0.25, -0.2) is 0 Å². The lowest BCUT2D eigenvalue weighted by Gasteiger charge is -2.39. The molecule has 2 unspecified atom stereocenters. The molecule has 2 saturated heterocycles. The summed E-state index contributed by atoms with van der Waals surface area (Å²) in [4.78, 5) is 3.90. The minimum Gasteiger partial charge on any atom is -0.300 e. The second-order valence-corrected chi connectivity index (χ2v) is 8.97. The maximum absolute atomic E-state index is 6.31. The van der Waals surface area contributed by atoms with Crippen LogP contribution in [0.25, 0.3) is 0 Å². The lowest BCUT2D eigenvalue weighted by molar-refractivity contribution is 0.106. The van der Waals surface area contributed by atoms with Crippen LogP contribution in [0.3, 0.4) is 0 Å². The van der Waals surface area contributed by atoms with Crippen molar-refractivity contribution in [1.82, 2.24) is 4.90 Å². The molecule has 1 aromatic rings. The monoisotopic (exact) mass is 371 g/mol. The third-order valence-corrected chi connectivity index (χ3v) is 7.50. The van der Waals surface area contributed by atoms with Crippen molar-refractivity contribution in [2.24, 2.45) is 11.8 Å². The Bertz CT molecular complexity index is 522. The first kappa shape index (κ1) is 17.9. The Balaban J connectivity index is 1.57. The van der Waals surface area contributed by atoms with E-state index in [1.165, 1.54) is 51.6 Å². The Morgan fingerprint density at radius 1 is 1.26 bits per heavy atom. The number of hydrogen-bond acceptors (Lipinski definition) is 2. The fourth-order valence-corrected chi connectivity index (χ4v) is 5.83. The van der Waals surface area contributed by atoms with E-state index < -0.39 is 0 Å². The van der Waals surface area contributed by atoms with Crippen molar-refractivity contribution >= 4 is 35.0 Å². The van der Waals surface area contributed by atoms with E-state index in [0.717, 1.165) is 28.5 Å². The van der Waals surface area contributed by atoms with Gasteiger partial charge in [-0.05, 0) is 61.9 Å². The number of piperidine rings is 1. The smallest absolute Gasteiger partial charge is 0.0728 e. The average Bonchev–Trinajstić information content (AvgIpc) is 2.94. The maximum atomic E-state index is 6.31. The second kappa shape index (κ2) is 8.47. The van der Waals surface area contributed by atoms with Gasteiger partial charge in [-0.2, -0.15) is 0 Å². The molecule has 3 rings (SSSR count). The lowest BCUT2D eigenvalue weighted by Crippen LogP contribution is -2.43. The quantitative estimate of drug-likeness (QED) is 0.511.